The summed E-state index contributed by atoms with van der Waals surface area (Å²) in [5.74, 6) is 5.54. The first-order chi connectivity index (χ1) is 17.6. The standard InChI is InChI=1S/C32H25N3O/c1-5-19-34-21(3)29(23-13-7-11-17-27(23)34)32(25-15-9-10-16-26(25)33-31(32)36)30-22(4)35(20-6-2)28-18-12-8-14-24(28)30/h1-2,7-18H,19-20H2,3-4H3,(H,33,36). The molecule has 0 fully saturated rings. The van der Waals surface area contributed by atoms with Gasteiger partial charge in [0, 0.05) is 55.6 Å². The maximum Gasteiger partial charge on any atom is 0.244 e. The second-order valence-corrected chi connectivity index (χ2v) is 9.29. The normalized spacial score (nSPS) is 13.9. The molecule has 0 bridgehead atoms. The van der Waals surface area contributed by atoms with Crippen LogP contribution in [0.15, 0.2) is 72.8 Å². The van der Waals surface area contributed by atoms with Gasteiger partial charge < -0.3 is 14.5 Å². The predicted molar refractivity (Wildman–Crippen MR) is 146 cm³/mol. The number of carbonyl (C=O) groups is 1. The number of fused-ring (bicyclic) bond motifs is 3. The van der Waals surface area contributed by atoms with Gasteiger partial charge in [0.15, 0.2) is 0 Å². The van der Waals surface area contributed by atoms with Crippen LogP contribution in [0.4, 0.5) is 5.69 Å². The highest BCUT2D eigenvalue weighted by Crippen LogP contribution is 2.54. The summed E-state index contributed by atoms with van der Waals surface area (Å²) >= 11 is 0. The lowest BCUT2D eigenvalue weighted by Crippen LogP contribution is -2.38. The Kier molecular flexibility index (Phi) is 4.82. The molecule has 174 valence electrons. The van der Waals surface area contributed by atoms with Crippen molar-refractivity contribution in [1.29, 1.82) is 0 Å². The Morgan fingerprint density at radius 3 is 1.75 bits per heavy atom. The third kappa shape index (κ3) is 2.65. The number of amides is 1. The molecule has 3 heterocycles. The molecule has 1 aliphatic heterocycles. The van der Waals surface area contributed by atoms with Crippen LogP contribution in [0.3, 0.4) is 0 Å². The number of carbonyl (C=O) groups excluding carboxylic acids is 1. The summed E-state index contributed by atoms with van der Waals surface area (Å²) in [6.45, 7) is 4.98. The molecule has 0 saturated heterocycles. The Bertz CT molecular complexity index is 1680. The summed E-state index contributed by atoms with van der Waals surface area (Å²) in [5.41, 5.74) is 6.60. The highest BCUT2D eigenvalue weighted by molar-refractivity contribution is 6.16. The fourth-order valence-electron chi connectivity index (χ4n) is 6.28. The zero-order valence-electron chi connectivity index (χ0n) is 20.3. The fraction of sp³-hybridized carbons (Fsp3) is 0.156. The molecule has 36 heavy (non-hydrogen) atoms. The number of rotatable bonds is 4. The highest BCUT2D eigenvalue weighted by Gasteiger charge is 2.54. The van der Waals surface area contributed by atoms with E-state index >= 15 is 0 Å². The summed E-state index contributed by atoms with van der Waals surface area (Å²) in [5, 5.41) is 5.25. The average molecular weight is 468 g/mol. The van der Waals surface area contributed by atoms with E-state index in [0.29, 0.717) is 13.1 Å². The summed E-state index contributed by atoms with van der Waals surface area (Å²) in [6, 6.07) is 24.4. The van der Waals surface area contributed by atoms with Crippen LogP contribution in [0.25, 0.3) is 21.8 Å². The minimum absolute atomic E-state index is 0.0675. The number of nitrogens with one attached hydrogen (secondary N) is 1. The first kappa shape index (κ1) is 21.8. The molecule has 5 aromatic rings. The Hall–Kier alpha value is -4.67. The van der Waals surface area contributed by atoms with Crippen LogP contribution in [-0.2, 0) is 23.3 Å². The van der Waals surface area contributed by atoms with E-state index < -0.39 is 5.41 Å². The summed E-state index contributed by atoms with van der Waals surface area (Å²) < 4.78 is 4.27. The topological polar surface area (TPSA) is 39.0 Å². The van der Waals surface area contributed by atoms with E-state index in [1.165, 1.54) is 0 Å². The molecular formula is C32H25N3O. The number of benzene rings is 3. The van der Waals surface area contributed by atoms with Crippen LogP contribution < -0.4 is 5.32 Å². The van der Waals surface area contributed by atoms with Gasteiger partial charge in [-0.1, -0.05) is 66.4 Å². The number of aromatic nitrogens is 2. The molecule has 4 nitrogen and oxygen atoms in total. The molecule has 0 spiro atoms. The van der Waals surface area contributed by atoms with Crippen molar-refractivity contribution >= 4 is 33.4 Å². The lowest BCUT2D eigenvalue weighted by atomic mass is 9.68. The number of nitrogens with zero attached hydrogens (tertiary/aromatic N) is 2. The van der Waals surface area contributed by atoms with Gasteiger partial charge in [-0.3, -0.25) is 4.79 Å². The van der Waals surface area contributed by atoms with Crippen LogP contribution in [0.2, 0.25) is 0 Å². The summed E-state index contributed by atoms with van der Waals surface area (Å²) in [4.78, 5) is 14.5. The van der Waals surface area contributed by atoms with Crippen molar-refractivity contribution in [3.8, 4) is 24.7 Å². The number of hydrogen-bond acceptors (Lipinski definition) is 1. The monoisotopic (exact) mass is 467 g/mol. The molecule has 0 atom stereocenters. The first-order valence-corrected chi connectivity index (χ1v) is 12.0. The zero-order chi connectivity index (χ0) is 25.0. The SMILES string of the molecule is C#CCn1c(C)c(C2(c3c(C)n(CC#C)c4ccccc34)C(=O)Nc3ccccc32)c2ccccc21. The highest BCUT2D eigenvalue weighted by atomic mass is 16.2. The van der Waals surface area contributed by atoms with Gasteiger partial charge in [-0.05, 0) is 32.0 Å². The zero-order valence-corrected chi connectivity index (χ0v) is 20.3. The van der Waals surface area contributed by atoms with Gasteiger partial charge in [0.2, 0.25) is 5.91 Å². The first-order valence-electron chi connectivity index (χ1n) is 12.0. The minimum Gasteiger partial charge on any atom is -0.333 e. The Labute approximate surface area is 210 Å². The lowest BCUT2D eigenvalue weighted by Gasteiger charge is -2.30. The van der Waals surface area contributed by atoms with Gasteiger partial charge in [-0.15, -0.1) is 12.8 Å². The summed E-state index contributed by atoms with van der Waals surface area (Å²) in [6.07, 6.45) is 11.6. The smallest absolute Gasteiger partial charge is 0.244 e. The minimum atomic E-state index is -1.08. The van der Waals surface area contributed by atoms with E-state index in [1.807, 2.05) is 42.5 Å². The maximum atomic E-state index is 14.5. The Morgan fingerprint density at radius 1 is 0.750 bits per heavy atom. The predicted octanol–water partition coefficient (Wildman–Crippen LogP) is 5.77. The second-order valence-electron chi connectivity index (χ2n) is 9.29. The Morgan fingerprint density at radius 2 is 1.22 bits per heavy atom. The molecule has 4 heteroatoms. The molecule has 0 saturated carbocycles. The van der Waals surface area contributed by atoms with Gasteiger partial charge in [0.1, 0.15) is 5.41 Å². The van der Waals surface area contributed by atoms with Gasteiger partial charge >= 0.3 is 0 Å². The van der Waals surface area contributed by atoms with E-state index in [9.17, 15) is 4.79 Å². The molecule has 2 aromatic heterocycles. The van der Waals surface area contributed by atoms with E-state index in [2.05, 4.69) is 70.5 Å². The molecule has 6 rings (SSSR count). The van der Waals surface area contributed by atoms with Crippen molar-refractivity contribution in [3.63, 3.8) is 0 Å². The van der Waals surface area contributed by atoms with Crippen LogP contribution >= 0.6 is 0 Å². The lowest BCUT2D eigenvalue weighted by molar-refractivity contribution is -0.118. The van der Waals surface area contributed by atoms with E-state index in [0.717, 1.165) is 55.6 Å². The van der Waals surface area contributed by atoms with Gasteiger partial charge in [0.25, 0.3) is 0 Å². The maximum absolute atomic E-state index is 14.5. The number of hydrogen-bond donors (Lipinski definition) is 1. The Balaban J connectivity index is 1.87. The molecule has 1 aliphatic rings. The number of terminal acetylenes is 2. The molecule has 0 radical (unpaired) electrons. The van der Waals surface area contributed by atoms with Gasteiger partial charge in [-0.2, -0.15) is 0 Å². The fourth-order valence-corrected chi connectivity index (χ4v) is 6.28. The van der Waals surface area contributed by atoms with E-state index in [4.69, 9.17) is 12.8 Å². The molecule has 1 N–H and O–H groups in total. The third-order valence-electron chi connectivity index (χ3n) is 7.63. The van der Waals surface area contributed by atoms with E-state index in [1.54, 1.807) is 0 Å². The van der Waals surface area contributed by atoms with Crippen LogP contribution in [0.1, 0.15) is 28.1 Å². The van der Waals surface area contributed by atoms with Crippen LogP contribution in [0.5, 0.6) is 0 Å². The largest absolute Gasteiger partial charge is 0.333 e. The van der Waals surface area contributed by atoms with Gasteiger partial charge in [-0.25, -0.2) is 0 Å². The molecule has 1 amide bonds. The van der Waals surface area contributed by atoms with Crippen molar-refractivity contribution in [2.24, 2.45) is 0 Å². The van der Waals surface area contributed by atoms with Crippen LogP contribution in [-0.4, -0.2) is 15.0 Å². The van der Waals surface area contributed by atoms with Crippen molar-refractivity contribution in [2.75, 3.05) is 5.32 Å². The van der Waals surface area contributed by atoms with Crippen molar-refractivity contribution in [3.05, 3.63) is 101 Å². The average Bonchev–Trinajstić information content (AvgIpc) is 3.45. The van der Waals surface area contributed by atoms with Crippen molar-refractivity contribution in [2.45, 2.75) is 32.4 Å². The molecule has 3 aromatic carbocycles. The number of anilines is 1. The van der Waals surface area contributed by atoms with Gasteiger partial charge in [0.05, 0.1) is 13.1 Å². The van der Waals surface area contributed by atoms with Crippen LogP contribution in [0, 0.1) is 38.5 Å². The number of para-hydroxylation sites is 3. The van der Waals surface area contributed by atoms with Crippen molar-refractivity contribution < 1.29 is 4.79 Å². The molecular weight excluding hydrogens is 442 g/mol. The summed E-state index contributed by atoms with van der Waals surface area (Å²) in [7, 11) is 0. The van der Waals surface area contributed by atoms with E-state index in [-0.39, 0.29) is 5.91 Å². The van der Waals surface area contributed by atoms with Crippen molar-refractivity contribution in [1.82, 2.24) is 9.13 Å². The third-order valence-corrected chi connectivity index (χ3v) is 7.63. The molecule has 0 aliphatic carbocycles. The second kappa shape index (κ2) is 7.94. The molecule has 0 unspecified atom stereocenters. The quantitative estimate of drug-likeness (QED) is 0.335.